The fourth-order valence-corrected chi connectivity index (χ4v) is 7.36. The summed E-state index contributed by atoms with van der Waals surface area (Å²) >= 11 is 0. The minimum Gasteiger partial charge on any atom is -0.458 e. The van der Waals surface area contributed by atoms with E-state index in [0.29, 0.717) is 22.6 Å². The molecule has 0 radical (unpaired) electrons. The van der Waals surface area contributed by atoms with Crippen LogP contribution in [0.3, 0.4) is 0 Å². The molecule has 3 aromatic rings. The third-order valence-corrected chi connectivity index (χ3v) is 13.1. The van der Waals surface area contributed by atoms with Gasteiger partial charge < -0.3 is 19.1 Å². The van der Waals surface area contributed by atoms with Crippen molar-refractivity contribution in [2.24, 2.45) is 0 Å². The second kappa shape index (κ2) is 9.27. The molecule has 4 heterocycles. The molecular formula is C30H37N3O6Si. The summed E-state index contributed by atoms with van der Waals surface area (Å²) in [5.41, 5.74) is 1.50. The molecule has 212 valence electrons. The van der Waals surface area contributed by atoms with E-state index in [1.807, 2.05) is 39.0 Å². The van der Waals surface area contributed by atoms with Gasteiger partial charge in [-0.15, -0.1) is 0 Å². The molecule has 2 aliphatic rings. The molecule has 1 atom stereocenters. The predicted molar refractivity (Wildman–Crippen MR) is 157 cm³/mol. The van der Waals surface area contributed by atoms with Crippen LogP contribution in [0.2, 0.25) is 18.6 Å². The number of cyclic esters (lactones) is 1. The van der Waals surface area contributed by atoms with Crippen LogP contribution in [-0.4, -0.2) is 40.4 Å². The number of rotatable bonds is 4. The average molecular weight is 564 g/mol. The summed E-state index contributed by atoms with van der Waals surface area (Å²) in [6.07, 6.45) is -0.476. The summed E-state index contributed by atoms with van der Waals surface area (Å²) in [6.45, 7) is 16.2. The average Bonchev–Trinajstić information content (AvgIpc) is 3.22. The number of nitrogens with one attached hydrogen (secondary N) is 1. The number of carbonyl (C=O) groups is 2. The summed E-state index contributed by atoms with van der Waals surface area (Å²) in [5, 5.41) is 16.0. The molecule has 0 unspecified atom stereocenters. The number of carbonyl (C=O) groups excluding carboxylic acids is 2. The summed E-state index contributed by atoms with van der Waals surface area (Å²) in [5.74, 6) is -0.749. The molecule has 40 heavy (non-hydrogen) atoms. The number of hydrogen-bond donors (Lipinski definition) is 2. The number of nitrogens with zero attached hydrogens (tertiary/aromatic N) is 2. The lowest BCUT2D eigenvalue weighted by Crippen LogP contribution is -2.45. The Morgan fingerprint density at radius 2 is 1.95 bits per heavy atom. The van der Waals surface area contributed by atoms with Crippen LogP contribution >= 0.6 is 0 Å². The van der Waals surface area contributed by atoms with Crippen molar-refractivity contribution >= 4 is 41.9 Å². The Morgan fingerprint density at radius 3 is 2.58 bits per heavy atom. The quantitative estimate of drug-likeness (QED) is 0.272. The Kier molecular flexibility index (Phi) is 6.50. The van der Waals surface area contributed by atoms with Crippen LogP contribution in [0.4, 0.5) is 10.5 Å². The number of hydrogen-bond acceptors (Lipinski definition) is 7. The smallest absolute Gasteiger partial charge is 0.412 e. The molecule has 2 N–H and O–H groups in total. The van der Waals surface area contributed by atoms with Crippen LogP contribution in [0, 0.1) is 0 Å². The van der Waals surface area contributed by atoms with Crippen molar-refractivity contribution in [3.05, 3.63) is 51.3 Å². The van der Waals surface area contributed by atoms with Gasteiger partial charge in [0.05, 0.1) is 42.8 Å². The fraction of sp³-hybridized carbons (Fsp3) is 0.467. The van der Waals surface area contributed by atoms with Crippen molar-refractivity contribution in [3.63, 3.8) is 0 Å². The van der Waals surface area contributed by atoms with Crippen molar-refractivity contribution in [1.29, 1.82) is 0 Å². The molecule has 0 saturated heterocycles. The van der Waals surface area contributed by atoms with Gasteiger partial charge >= 0.3 is 12.1 Å². The molecular weight excluding hydrogens is 526 g/mol. The van der Waals surface area contributed by atoms with E-state index in [9.17, 15) is 19.5 Å². The number of benzene rings is 1. The Hall–Kier alpha value is -3.50. The van der Waals surface area contributed by atoms with Gasteiger partial charge in [0.15, 0.2) is 5.60 Å². The molecule has 10 heteroatoms. The molecule has 2 aromatic heterocycles. The lowest BCUT2D eigenvalue weighted by Gasteiger charge is -2.31. The van der Waals surface area contributed by atoms with Gasteiger partial charge in [0.2, 0.25) is 0 Å². The Morgan fingerprint density at radius 1 is 1.25 bits per heavy atom. The van der Waals surface area contributed by atoms with E-state index in [1.165, 1.54) is 0 Å². The highest BCUT2D eigenvalue weighted by Gasteiger charge is 2.45. The van der Waals surface area contributed by atoms with Gasteiger partial charge in [-0.3, -0.25) is 10.1 Å². The zero-order valence-corrected chi connectivity index (χ0v) is 25.4. The first-order chi connectivity index (χ1) is 18.6. The lowest BCUT2D eigenvalue weighted by molar-refractivity contribution is -0.172. The van der Waals surface area contributed by atoms with Crippen molar-refractivity contribution in [2.45, 2.75) is 91.0 Å². The Labute approximate surface area is 234 Å². The van der Waals surface area contributed by atoms with Gasteiger partial charge in [-0.1, -0.05) is 39.9 Å². The SMILES string of the molecule is CC[C@@]1(O)C(=O)OCc2c1cc1n(c2=O)Cc2cc3c(NC(=O)OC(C)(C)C)ccc([Si](C)(C)C(C)C)c3nc2-1. The molecule has 0 spiro atoms. The molecule has 1 amide bonds. The van der Waals surface area contributed by atoms with Crippen LogP contribution in [0.15, 0.2) is 29.1 Å². The fourth-order valence-electron chi connectivity index (χ4n) is 5.42. The van der Waals surface area contributed by atoms with Crippen molar-refractivity contribution in [1.82, 2.24) is 9.55 Å². The molecule has 0 saturated carbocycles. The van der Waals surface area contributed by atoms with E-state index < -0.39 is 31.3 Å². The first kappa shape index (κ1) is 28.0. The van der Waals surface area contributed by atoms with Gasteiger partial charge in [-0.2, -0.15) is 0 Å². The maximum Gasteiger partial charge on any atom is 0.412 e. The molecule has 0 bridgehead atoms. The van der Waals surface area contributed by atoms with E-state index in [4.69, 9.17) is 14.5 Å². The van der Waals surface area contributed by atoms with Gasteiger partial charge in [0.25, 0.3) is 5.56 Å². The molecule has 0 aliphatic carbocycles. The Bertz CT molecular complexity index is 1640. The number of esters is 1. The number of amides is 1. The standard InChI is InChI=1S/C30H37N3O6Si/c1-9-30(37)20-13-22-24-17(14-33(22)26(34)19(20)15-38-27(30)35)12-18-21(31-28(36)39-29(4,5)6)10-11-23(25(18)32-24)40(7,8)16(2)3/h10-13,16,37H,9,14-15H2,1-8H3,(H,31,36)/t30-/m0/s1. The predicted octanol–water partition coefficient (Wildman–Crippen LogP) is 4.75. The highest BCUT2D eigenvalue weighted by molar-refractivity contribution is 6.92. The number of fused-ring (bicyclic) bond motifs is 5. The first-order valence-electron chi connectivity index (χ1n) is 13.7. The normalized spacial score (nSPS) is 18.3. The van der Waals surface area contributed by atoms with Gasteiger partial charge in [0.1, 0.15) is 12.2 Å². The maximum absolute atomic E-state index is 13.6. The maximum atomic E-state index is 13.6. The molecule has 0 fully saturated rings. The van der Waals surface area contributed by atoms with Crippen LogP contribution in [0.5, 0.6) is 0 Å². The molecule has 5 rings (SSSR count). The van der Waals surface area contributed by atoms with E-state index in [-0.39, 0.29) is 36.3 Å². The summed E-state index contributed by atoms with van der Waals surface area (Å²) < 4.78 is 12.3. The topological polar surface area (TPSA) is 120 Å². The van der Waals surface area contributed by atoms with Crippen molar-refractivity contribution in [3.8, 4) is 11.4 Å². The molecule has 9 nitrogen and oxygen atoms in total. The Balaban J connectivity index is 1.75. The second-order valence-corrected chi connectivity index (χ2v) is 17.8. The number of anilines is 1. The third-order valence-electron chi connectivity index (χ3n) is 8.45. The van der Waals surface area contributed by atoms with Gasteiger partial charge in [-0.25, -0.2) is 14.6 Å². The van der Waals surface area contributed by atoms with Crippen molar-refractivity contribution < 1.29 is 24.2 Å². The summed E-state index contributed by atoms with van der Waals surface area (Å²) in [7, 11) is -1.99. The highest BCUT2D eigenvalue weighted by atomic mass is 28.3. The van der Waals surface area contributed by atoms with Crippen LogP contribution in [0.1, 0.15) is 64.7 Å². The highest BCUT2D eigenvalue weighted by Crippen LogP contribution is 2.39. The number of ether oxygens (including phenoxy) is 2. The van der Waals surface area contributed by atoms with Crippen LogP contribution in [-0.2, 0) is 33.0 Å². The van der Waals surface area contributed by atoms with Gasteiger partial charge in [-0.05, 0) is 56.1 Å². The lowest BCUT2D eigenvalue weighted by atomic mass is 9.86. The zero-order chi connectivity index (χ0) is 29.4. The number of pyridine rings is 2. The number of aromatic nitrogens is 2. The molecule has 2 aliphatic heterocycles. The van der Waals surface area contributed by atoms with E-state index in [0.717, 1.165) is 21.7 Å². The minimum absolute atomic E-state index is 0.0811. The third kappa shape index (κ3) is 4.33. The first-order valence-corrected chi connectivity index (χ1v) is 16.8. The van der Waals surface area contributed by atoms with E-state index >= 15 is 0 Å². The zero-order valence-electron chi connectivity index (χ0n) is 24.4. The van der Waals surface area contributed by atoms with E-state index in [2.05, 4.69) is 32.3 Å². The van der Waals surface area contributed by atoms with E-state index in [1.54, 1.807) is 17.6 Å². The number of aliphatic hydroxyl groups is 1. The summed E-state index contributed by atoms with van der Waals surface area (Å²) in [4.78, 5) is 44.0. The van der Waals surface area contributed by atoms with Crippen LogP contribution < -0.4 is 16.1 Å². The monoisotopic (exact) mass is 563 g/mol. The van der Waals surface area contributed by atoms with Crippen LogP contribution in [0.25, 0.3) is 22.3 Å². The molecule has 1 aromatic carbocycles. The second-order valence-electron chi connectivity index (χ2n) is 12.7. The summed E-state index contributed by atoms with van der Waals surface area (Å²) in [6, 6.07) is 7.65. The largest absolute Gasteiger partial charge is 0.458 e. The minimum atomic E-state index is -1.99. The van der Waals surface area contributed by atoms with Crippen molar-refractivity contribution in [2.75, 3.05) is 5.32 Å². The van der Waals surface area contributed by atoms with Gasteiger partial charge in [0, 0.05) is 16.5 Å².